The Bertz CT molecular complexity index is 433. The Morgan fingerprint density at radius 1 is 1.29 bits per heavy atom. The van der Waals surface area contributed by atoms with Crippen LogP contribution in [0.1, 0.15) is 42.3 Å². The number of ether oxygens (including phenoxy) is 1. The Morgan fingerprint density at radius 3 is 2.29 bits per heavy atom. The molecule has 4 heteroatoms. The molecule has 0 N–H and O–H groups in total. The molecule has 0 saturated carbocycles. The van der Waals surface area contributed by atoms with Crippen LogP contribution in [-0.4, -0.2) is 23.6 Å². The standard InChI is InChI=1S/C13H17O3Si/c1-8-6-7-9(12(14)15-5)11(16-17)10(8)13(2,3)4/h6-7H,1-5H3. The van der Waals surface area contributed by atoms with E-state index in [9.17, 15) is 4.79 Å². The van der Waals surface area contributed by atoms with Crippen molar-refractivity contribution in [1.29, 1.82) is 0 Å². The molecule has 17 heavy (non-hydrogen) atoms. The highest BCUT2D eigenvalue weighted by Crippen LogP contribution is 2.36. The molecule has 0 unspecified atom stereocenters. The second kappa shape index (κ2) is 4.92. The molecule has 0 amide bonds. The zero-order valence-corrected chi connectivity index (χ0v) is 11.9. The molecule has 0 aromatic heterocycles. The highest BCUT2D eigenvalue weighted by molar-refractivity contribution is 6.02. The number of esters is 1. The van der Waals surface area contributed by atoms with Crippen molar-refractivity contribution < 1.29 is 14.0 Å². The van der Waals surface area contributed by atoms with Gasteiger partial charge in [0.05, 0.1) is 7.11 Å². The first kappa shape index (κ1) is 13.8. The summed E-state index contributed by atoms with van der Waals surface area (Å²) in [5.74, 6) is 0.129. The van der Waals surface area contributed by atoms with Crippen molar-refractivity contribution in [3.05, 3.63) is 28.8 Å². The van der Waals surface area contributed by atoms with E-state index >= 15 is 0 Å². The zero-order chi connectivity index (χ0) is 13.2. The summed E-state index contributed by atoms with van der Waals surface area (Å²) in [5.41, 5.74) is 2.39. The van der Waals surface area contributed by atoms with Gasteiger partial charge in [0.25, 0.3) is 0 Å². The number of hydrogen-bond acceptors (Lipinski definition) is 3. The van der Waals surface area contributed by atoms with E-state index in [2.05, 4.69) is 31.3 Å². The van der Waals surface area contributed by atoms with Crippen molar-refractivity contribution in [2.75, 3.05) is 7.11 Å². The Morgan fingerprint density at radius 2 is 1.88 bits per heavy atom. The summed E-state index contributed by atoms with van der Waals surface area (Å²) < 4.78 is 9.96. The van der Waals surface area contributed by atoms with Gasteiger partial charge in [0.2, 0.25) is 0 Å². The zero-order valence-electron chi connectivity index (χ0n) is 10.9. The van der Waals surface area contributed by atoms with E-state index in [0.29, 0.717) is 11.3 Å². The maximum absolute atomic E-state index is 11.7. The molecule has 0 aliphatic rings. The number of aryl methyl sites for hydroxylation is 1. The van der Waals surface area contributed by atoms with Gasteiger partial charge in [-0.3, -0.25) is 0 Å². The number of methoxy groups -OCH3 is 1. The van der Waals surface area contributed by atoms with Gasteiger partial charge < -0.3 is 9.16 Å². The van der Waals surface area contributed by atoms with Crippen LogP contribution in [0, 0.1) is 6.92 Å². The number of carbonyl (C=O) groups is 1. The molecule has 0 atom stereocenters. The Balaban J connectivity index is 3.53. The largest absolute Gasteiger partial charge is 0.540 e. The van der Waals surface area contributed by atoms with Gasteiger partial charge in [0.15, 0.2) is 0 Å². The van der Waals surface area contributed by atoms with Crippen LogP contribution in [0.4, 0.5) is 0 Å². The van der Waals surface area contributed by atoms with Gasteiger partial charge in [-0.05, 0) is 24.0 Å². The van der Waals surface area contributed by atoms with Crippen molar-refractivity contribution in [3.8, 4) is 5.75 Å². The molecular formula is C13H17O3Si. The lowest BCUT2D eigenvalue weighted by molar-refractivity contribution is 0.0598. The Hall–Kier alpha value is -1.29. The molecule has 3 nitrogen and oxygen atoms in total. The first-order valence-corrected chi connectivity index (χ1v) is 5.79. The maximum Gasteiger partial charge on any atom is 0.341 e. The predicted octanol–water partition coefficient (Wildman–Crippen LogP) is 2.54. The van der Waals surface area contributed by atoms with Crippen molar-refractivity contribution in [2.24, 2.45) is 0 Å². The normalized spacial score (nSPS) is 11.2. The number of rotatable bonds is 2. The summed E-state index contributed by atoms with van der Waals surface area (Å²) in [6.07, 6.45) is 0. The van der Waals surface area contributed by atoms with Crippen LogP contribution in [0.5, 0.6) is 5.75 Å². The highest BCUT2D eigenvalue weighted by atomic mass is 28.2. The average molecular weight is 249 g/mol. The van der Waals surface area contributed by atoms with Gasteiger partial charge in [0.1, 0.15) is 11.3 Å². The summed E-state index contributed by atoms with van der Waals surface area (Å²) >= 11 is 0. The van der Waals surface area contributed by atoms with Crippen LogP contribution in [0.3, 0.4) is 0 Å². The molecule has 3 radical (unpaired) electrons. The topological polar surface area (TPSA) is 35.5 Å². The molecule has 0 fully saturated rings. The SMILES string of the molecule is COC(=O)c1ccc(C)c(C(C)(C)C)c1O[Si]. The van der Waals surface area contributed by atoms with E-state index in [4.69, 9.17) is 9.16 Å². The number of carbonyl (C=O) groups excluding carboxylic acids is 1. The van der Waals surface area contributed by atoms with Crippen LogP contribution in [0.15, 0.2) is 12.1 Å². The van der Waals surface area contributed by atoms with Crippen LogP contribution in [0.25, 0.3) is 0 Å². The fourth-order valence-electron chi connectivity index (χ4n) is 1.99. The van der Waals surface area contributed by atoms with E-state index in [1.165, 1.54) is 7.11 Å². The Kier molecular flexibility index (Phi) is 3.98. The first-order valence-electron chi connectivity index (χ1n) is 5.39. The molecule has 0 spiro atoms. The minimum atomic E-state index is -0.399. The lowest BCUT2D eigenvalue weighted by atomic mass is 9.82. The summed E-state index contributed by atoms with van der Waals surface area (Å²) in [7, 11) is 4.38. The maximum atomic E-state index is 11.7. The molecule has 1 aromatic carbocycles. The van der Waals surface area contributed by atoms with Gasteiger partial charge in [-0.15, -0.1) is 0 Å². The fraction of sp³-hybridized carbons (Fsp3) is 0.462. The smallest absolute Gasteiger partial charge is 0.341 e. The summed E-state index contributed by atoms with van der Waals surface area (Å²) in [6, 6.07) is 3.62. The highest BCUT2D eigenvalue weighted by Gasteiger charge is 2.25. The van der Waals surface area contributed by atoms with E-state index in [-0.39, 0.29) is 5.41 Å². The lowest BCUT2D eigenvalue weighted by Gasteiger charge is -2.25. The van der Waals surface area contributed by atoms with Crippen LogP contribution in [-0.2, 0) is 10.2 Å². The van der Waals surface area contributed by atoms with Crippen LogP contribution in [0.2, 0.25) is 0 Å². The van der Waals surface area contributed by atoms with Crippen LogP contribution < -0.4 is 4.43 Å². The average Bonchev–Trinajstić information content (AvgIpc) is 2.25. The van der Waals surface area contributed by atoms with Crippen LogP contribution >= 0.6 is 0 Å². The fourth-order valence-corrected chi connectivity index (χ4v) is 2.20. The van der Waals surface area contributed by atoms with Gasteiger partial charge in [0, 0.05) is 5.56 Å². The van der Waals surface area contributed by atoms with Gasteiger partial charge in [-0.2, -0.15) is 0 Å². The second-order valence-corrected chi connectivity index (χ2v) is 5.18. The minimum absolute atomic E-state index is 0.115. The third kappa shape index (κ3) is 2.69. The molecule has 0 heterocycles. The van der Waals surface area contributed by atoms with E-state index in [0.717, 1.165) is 11.1 Å². The quantitative estimate of drug-likeness (QED) is 0.597. The Labute approximate surface area is 106 Å². The van der Waals surface area contributed by atoms with Crippen molar-refractivity contribution in [3.63, 3.8) is 0 Å². The van der Waals surface area contributed by atoms with E-state index in [1.807, 2.05) is 13.0 Å². The van der Waals surface area contributed by atoms with E-state index < -0.39 is 5.97 Å². The number of hydrogen-bond donors (Lipinski definition) is 0. The van der Waals surface area contributed by atoms with Crippen molar-refractivity contribution in [2.45, 2.75) is 33.1 Å². The summed E-state index contributed by atoms with van der Waals surface area (Å²) in [5, 5.41) is 0. The molecule has 1 rings (SSSR count). The second-order valence-electron chi connectivity index (χ2n) is 4.98. The van der Waals surface area contributed by atoms with Crippen molar-refractivity contribution in [1.82, 2.24) is 0 Å². The van der Waals surface area contributed by atoms with Gasteiger partial charge in [-0.25, -0.2) is 4.79 Å². The number of benzene rings is 1. The monoisotopic (exact) mass is 249 g/mol. The first-order chi connectivity index (χ1) is 7.82. The molecular weight excluding hydrogens is 232 g/mol. The van der Waals surface area contributed by atoms with Crippen molar-refractivity contribution >= 4 is 16.5 Å². The molecule has 1 aromatic rings. The molecule has 0 aliphatic heterocycles. The van der Waals surface area contributed by atoms with E-state index in [1.54, 1.807) is 6.07 Å². The molecule has 0 bridgehead atoms. The summed E-state index contributed by atoms with van der Waals surface area (Å²) in [4.78, 5) is 11.7. The van der Waals surface area contributed by atoms with Gasteiger partial charge in [-0.1, -0.05) is 26.8 Å². The molecule has 91 valence electrons. The predicted molar refractivity (Wildman–Crippen MR) is 67.6 cm³/mol. The van der Waals surface area contributed by atoms with Gasteiger partial charge >= 0.3 is 16.5 Å². The third-order valence-electron chi connectivity index (χ3n) is 2.62. The third-order valence-corrected chi connectivity index (χ3v) is 2.83. The summed E-state index contributed by atoms with van der Waals surface area (Å²) in [6.45, 7) is 8.22. The minimum Gasteiger partial charge on any atom is -0.540 e. The molecule has 0 aliphatic carbocycles. The molecule has 0 saturated heterocycles. The lowest BCUT2D eigenvalue weighted by Crippen LogP contribution is -2.17.